The van der Waals surface area contributed by atoms with Gasteiger partial charge in [-0.3, -0.25) is 29.9 Å². The van der Waals surface area contributed by atoms with Crippen molar-refractivity contribution in [3.63, 3.8) is 0 Å². The van der Waals surface area contributed by atoms with Gasteiger partial charge in [-0.1, -0.05) is 59.6 Å². The van der Waals surface area contributed by atoms with Crippen molar-refractivity contribution in [3.8, 4) is 45.4 Å². The fraction of sp³-hybridized carbons (Fsp3) is 0.222. The molecule has 0 aliphatic carbocycles. The first-order valence-corrected chi connectivity index (χ1v) is 16.6. The molecule has 0 aliphatic heterocycles. The van der Waals surface area contributed by atoms with E-state index in [1.54, 1.807) is 63.8 Å². The van der Waals surface area contributed by atoms with E-state index >= 15 is 0 Å². The summed E-state index contributed by atoms with van der Waals surface area (Å²) in [6, 6.07) is 11.4. The number of aromatic nitrogens is 8. The van der Waals surface area contributed by atoms with E-state index in [2.05, 4.69) is 40.5 Å². The quantitative estimate of drug-likeness (QED) is 0.124. The van der Waals surface area contributed by atoms with E-state index in [1.165, 1.54) is 0 Å². The normalized spacial score (nSPS) is 11.0. The van der Waals surface area contributed by atoms with Crippen molar-refractivity contribution in [2.24, 2.45) is 0 Å². The maximum Gasteiger partial charge on any atom is 0.237 e. The summed E-state index contributed by atoms with van der Waals surface area (Å²) in [5.41, 5.74) is 7.17. The zero-order valence-electron chi connectivity index (χ0n) is 27.5. The smallest absolute Gasteiger partial charge is 0.237 e. The summed E-state index contributed by atoms with van der Waals surface area (Å²) in [5.74, 6) is 0.820. The number of nitrogens with zero attached hydrogens (tertiary/aromatic N) is 8. The fourth-order valence-electron chi connectivity index (χ4n) is 5.26. The van der Waals surface area contributed by atoms with Crippen LogP contribution in [0.5, 0.6) is 11.8 Å². The number of halogens is 2. The molecule has 254 valence electrons. The van der Waals surface area contributed by atoms with Gasteiger partial charge in [-0.15, -0.1) is 0 Å². The molecule has 0 atom stereocenters. The highest BCUT2D eigenvalue weighted by atomic mass is 35.5. The largest absolute Gasteiger partial charge is 0.480 e. The molecule has 0 radical (unpaired) electrons. The summed E-state index contributed by atoms with van der Waals surface area (Å²) in [7, 11) is 3.14. The van der Waals surface area contributed by atoms with Crippen LogP contribution < -0.4 is 20.1 Å². The first kappa shape index (κ1) is 34.7. The lowest BCUT2D eigenvalue weighted by Crippen LogP contribution is -2.19. The predicted molar refractivity (Wildman–Crippen MR) is 192 cm³/mol. The first-order valence-electron chi connectivity index (χ1n) is 15.8. The van der Waals surface area contributed by atoms with Crippen LogP contribution in [0.15, 0.2) is 86.0 Å². The Morgan fingerprint density at radius 3 is 1.40 bits per heavy atom. The maximum absolute atomic E-state index is 7.06. The van der Waals surface area contributed by atoms with Crippen molar-refractivity contribution < 1.29 is 9.47 Å². The molecule has 0 fully saturated rings. The third kappa shape index (κ3) is 8.35. The van der Waals surface area contributed by atoms with Gasteiger partial charge in [-0.25, -0.2) is 9.97 Å². The van der Waals surface area contributed by atoms with E-state index in [0.29, 0.717) is 81.9 Å². The van der Waals surface area contributed by atoms with E-state index in [1.807, 2.05) is 36.4 Å². The summed E-state index contributed by atoms with van der Waals surface area (Å²) in [4.78, 5) is 35.6. The molecule has 0 unspecified atom stereocenters. The minimum Gasteiger partial charge on any atom is -0.480 e. The van der Waals surface area contributed by atoms with Crippen LogP contribution in [0, 0.1) is 0 Å². The minimum absolute atomic E-state index is 0.410. The summed E-state index contributed by atoms with van der Waals surface area (Å²) in [6.07, 6.45) is 15.1. The number of benzene rings is 2. The second-order valence-corrected chi connectivity index (χ2v) is 11.8. The Kier molecular flexibility index (Phi) is 11.8. The second-order valence-electron chi connectivity index (χ2n) is 11.0. The number of nitrogens with one attached hydrogen (secondary N) is 2. The molecule has 6 rings (SSSR count). The molecule has 0 spiro atoms. The topological polar surface area (TPSA) is 146 Å². The molecule has 4 heterocycles. The summed E-state index contributed by atoms with van der Waals surface area (Å²) < 4.78 is 11.2. The van der Waals surface area contributed by atoms with Gasteiger partial charge in [0.05, 0.1) is 59.4 Å². The average molecular weight is 710 g/mol. The SMILES string of the molecule is COc1nc(-c2cccc(-c3cccc(-c4cnc(CNCCc5cnccn5)c(OC)n4)c3Cl)c2Cl)cnc1CNCCc1cnccn1. The highest BCUT2D eigenvalue weighted by Crippen LogP contribution is 2.42. The predicted octanol–water partition coefficient (Wildman–Crippen LogP) is 5.84. The van der Waals surface area contributed by atoms with Crippen LogP contribution in [0.4, 0.5) is 0 Å². The lowest BCUT2D eigenvalue weighted by Gasteiger charge is -2.15. The third-order valence-corrected chi connectivity index (χ3v) is 8.60. The standard InChI is InChI=1S/C36H34Cl2N10O2/c1-49-35-31(19-39-11-9-23-17-41-13-15-43-23)45-21-29(47-35)27-7-3-5-25(33(27)37)26-6-4-8-28(34(26)38)30-22-46-32(36(48-30)50-2)20-40-12-10-24-18-42-14-16-44-24/h3-8,13-18,21-22,39-40H,9-12,19-20H2,1-2H3. The molecule has 2 aromatic carbocycles. The van der Waals surface area contributed by atoms with Crippen molar-refractivity contribution in [2.45, 2.75) is 25.9 Å². The zero-order chi connectivity index (χ0) is 34.7. The van der Waals surface area contributed by atoms with Gasteiger partial charge in [0.25, 0.3) is 0 Å². The van der Waals surface area contributed by atoms with Crippen molar-refractivity contribution >= 4 is 23.2 Å². The number of rotatable bonds is 15. The van der Waals surface area contributed by atoms with Crippen LogP contribution in [0.3, 0.4) is 0 Å². The second kappa shape index (κ2) is 17.0. The lowest BCUT2D eigenvalue weighted by atomic mass is 9.98. The van der Waals surface area contributed by atoms with Gasteiger partial charge in [-0.05, 0) is 0 Å². The average Bonchev–Trinajstić information content (AvgIpc) is 3.16. The van der Waals surface area contributed by atoms with E-state index < -0.39 is 0 Å². The van der Waals surface area contributed by atoms with Crippen LogP contribution in [0.25, 0.3) is 33.6 Å². The first-order chi connectivity index (χ1) is 24.6. The molecule has 0 saturated carbocycles. The fourth-order valence-corrected chi connectivity index (χ4v) is 5.91. The number of hydrogen-bond donors (Lipinski definition) is 2. The molecular formula is C36H34Cl2N10O2. The molecule has 2 N–H and O–H groups in total. The molecule has 12 nitrogen and oxygen atoms in total. The Labute approximate surface area is 299 Å². The Bertz CT molecular complexity index is 1890. The summed E-state index contributed by atoms with van der Waals surface area (Å²) in [6.45, 7) is 2.35. The van der Waals surface area contributed by atoms with Crippen LogP contribution in [0.2, 0.25) is 10.0 Å². The van der Waals surface area contributed by atoms with Crippen molar-refractivity contribution in [1.82, 2.24) is 50.5 Å². The molecular weight excluding hydrogens is 675 g/mol. The van der Waals surface area contributed by atoms with Crippen molar-refractivity contribution in [2.75, 3.05) is 27.3 Å². The van der Waals surface area contributed by atoms with Crippen LogP contribution in [-0.4, -0.2) is 67.2 Å². The van der Waals surface area contributed by atoms with Gasteiger partial charge < -0.3 is 20.1 Å². The molecule has 50 heavy (non-hydrogen) atoms. The molecule has 0 saturated heterocycles. The lowest BCUT2D eigenvalue weighted by molar-refractivity contribution is 0.387. The van der Waals surface area contributed by atoms with E-state index in [4.69, 9.17) is 42.6 Å². The Balaban J connectivity index is 1.18. The number of ether oxygens (including phenoxy) is 2. The number of methoxy groups -OCH3 is 2. The van der Waals surface area contributed by atoms with Crippen molar-refractivity contribution in [1.29, 1.82) is 0 Å². The van der Waals surface area contributed by atoms with E-state index in [-0.39, 0.29) is 0 Å². The van der Waals surface area contributed by atoms with E-state index in [0.717, 1.165) is 35.4 Å². The molecule has 14 heteroatoms. The van der Waals surface area contributed by atoms with Gasteiger partial charge in [0.2, 0.25) is 11.8 Å². The van der Waals surface area contributed by atoms with Gasteiger partial charge in [0.15, 0.2) is 0 Å². The Hall–Kier alpha value is -5.14. The third-order valence-electron chi connectivity index (χ3n) is 7.78. The molecule has 0 aliphatic rings. The molecule has 0 bridgehead atoms. The van der Waals surface area contributed by atoms with Gasteiger partial charge in [0.1, 0.15) is 11.4 Å². The van der Waals surface area contributed by atoms with Gasteiger partial charge in [0, 0.05) is 98.5 Å². The van der Waals surface area contributed by atoms with Gasteiger partial charge in [-0.2, -0.15) is 0 Å². The zero-order valence-corrected chi connectivity index (χ0v) is 29.0. The highest BCUT2D eigenvalue weighted by molar-refractivity contribution is 6.39. The Morgan fingerprint density at radius 2 is 1.00 bits per heavy atom. The monoisotopic (exact) mass is 708 g/mol. The highest BCUT2D eigenvalue weighted by Gasteiger charge is 2.19. The van der Waals surface area contributed by atoms with Crippen LogP contribution in [-0.2, 0) is 25.9 Å². The van der Waals surface area contributed by atoms with Crippen LogP contribution >= 0.6 is 23.2 Å². The number of hydrogen-bond acceptors (Lipinski definition) is 12. The summed E-state index contributed by atoms with van der Waals surface area (Å²) in [5, 5.41) is 7.68. The van der Waals surface area contributed by atoms with E-state index in [9.17, 15) is 0 Å². The minimum atomic E-state index is 0.410. The van der Waals surface area contributed by atoms with Crippen molar-refractivity contribution in [3.05, 3.63) is 119 Å². The van der Waals surface area contributed by atoms with Crippen LogP contribution in [0.1, 0.15) is 22.8 Å². The molecule has 4 aromatic heterocycles. The van der Waals surface area contributed by atoms with Gasteiger partial charge >= 0.3 is 0 Å². The molecule has 0 amide bonds. The Morgan fingerprint density at radius 1 is 0.560 bits per heavy atom. The summed E-state index contributed by atoms with van der Waals surface area (Å²) >= 11 is 14.1. The maximum atomic E-state index is 7.06. The molecule has 6 aromatic rings.